The molecule has 0 unspecified atom stereocenters. The van der Waals surface area contributed by atoms with Gasteiger partial charge in [0.25, 0.3) is 5.91 Å². The van der Waals surface area contributed by atoms with E-state index in [1.165, 1.54) is 18.3 Å². The molecule has 0 radical (unpaired) electrons. The van der Waals surface area contributed by atoms with Gasteiger partial charge in [0, 0.05) is 17.8 Å². The lowest BCUT2D eigenvalue weighted by Crippen LogP contribution is -2.13. The molecule has 25 heavy (non-hydrogen) atoms. The maximum Gasteiger partial charge on any atom is 0.255 e. The molecule has 2 N–H and O–H groups in total. The maximum atomic E-state index is 13.6. The molecule has 1 aromatic heterocycles. The average Bonchev–Trinajstić information content (AvgIpc) is 2.60. The number of para-hydroxylation sites is 1. The number of hydrogen-bond donors (Lipinski definition) is 2. The highest BCUT2D eigenvalue weighted by molar-refractivity contribution is 6.33. The van der Waals surface area contributed by atoms with E-state index in [4.69, 9.17) is 11.6 Å². The van der Waals surface area contributed by atoms with Crippen LogP contribution in [0.15, 0.2) is 60.8 Å². The van der Waals surface area contributed by atoms with Crippen LogP contribution in [0, 0.1) is 11.6 Å². The Morgan fingerprint density at radius 1 is 1.00 bits per heavy atom. The van der Waals surface area contributed by atoms with E-state index < -0.39 is 17.5 Å². The smallest absolute Gasteiger partial charge is 0.255 e. The van der Waals surface area contributed by atoms with Gasteiger partial charge >= 0.3 is 0 Å². The Bertz CT molecular complexity index is 934. The number of amides is 1. The molecule has 0 saturated carbocycles. The molecule has 3 aromatic rings. The first-order valence-electron chi connectivity index (χ1n) is 7.27. The molecule has 0 saturated heterocycles. The summed E-state index contributed by atoms with van der Waals surface area (Å²) in [6.07, 6.45) is 1.44. The number of halogens is 3. The van der Waals surface area contributed by atoms with Gasteiger partial charge in [0.15, 0.2) is 0 Å². The van der Waals surface area contributed by atoms with Crippen molar-refractivity contribution in [3.8, 4) is 0 Å². The topological polar surface area (TPSA) is 54.0 Å². The summed E-state index contributed by atoms with van der Waals surface area (Å²) in [6.45, 7) is 0. The number of benzene rings is 2. The van der Waals surface area contributed by atoms with Gasteiger partial charge < -0.3 is 10.6 Å². The molecule has 1 heterocycles. The third-order valence-electron chi connectivity index (χ3n) is 3.34. The molecular weight excluding hydrogens is 348 g/mol. The minimum Gasteiger partial charge on any atom is -0.339 e. The first kappa shape index (κ1) is 16.9. The molecule has 7 heteroatoms. The number of nitrogens with one attached hydrogen (secondary N) is 2. The highest BCUT2D eigenvalue weighted by atomic mass is 35.5. The van der Waals surface area contributed by atoms with E-state index in [9.17, 15) is 13.6 Å². The SMILES string of the molecule is O=C(Nc1ccc(F)cc1F)c1ccnc(Nc2ccccc2Cl)c1. The fourth-order valence-corrected chi connectivity index (χ4v) is 2.31. The van der Waals surface area contributed by atoms with Gasteiger partial charge in [-0.3, -0.25) is 4.79 Å². The summed E-state index contributed by atoms with van der Waals surface area (Å²) in [5.41, 5.74) is 0.788. The summed E-state index contributed by atoms with van der Waals surface area (Å²) < 4.78 is 26.6. The Hall–Kier alpha value is -2.99. The number of pyridine rings is 1. The van der Waals surface area contributed by atoms with Crippen LogP contribution in [-0.4, -0.2) is 10.9 Å². The molecule has 0 aliphatic carbocycles. The molecule has 0 atom stereocenters. The second-order valence-corrected chi connectivity index (χ2v) is 5.52. The van der Waals surface area contributed by atoms with E-state index in [2.05, 4.69) is 15.6 Å². The Kier molecular flexibility index (Phi) is 4.90. The molecule has 126 valence electrons. The Morgan fingerprint density at radius 2 is 1.80 bits per heavy atom. The van der Waals surface area contributed by atoms with Crippen molar-refractivity contribution in [1.29, 1.82) is 0 Å². The van der Waals surface area contributed by atoms with Crippen molar-refractivity contribution in [2.45, 2.75) is 0 Å². The van der Waals surface area contributed by atoms with Crippen LogP contribution < -0.4 is 10.6 Å². The fourth-order valence-electron chi connectivity index (χ4n) is 2.13. The van der Waals surface area contributed by atoms with Gasteiger partial charge in [-0.15, -0.1) is 0 Å². The third-order valence-corrected chi connectivity index (χ3v) is 3.67. The van der Waals surface area contributed by atoms with Gasteiger partial charge in [-0.1, -0.05) is 23.7 Å². The number of aromatic nitrogens is 1. The van der Waals surface area contributed by atoms with Crippen LogP contribution in [0.1, 0.15) is 10.4 Å². The van der Waals surface area contributed by atoms with E-state index in [1.54, 1.807) is 18.2 Å². The molecule has 1 amide bonds. The van der Waals surface area contributed by atoms with Gasteiger partial charge in [0.05, 0.1) is 16.4 Å². The quantitative estimate of drug-likeness (QED) is 0.688. The van der Waals surface area contributed by atoms with Gasteiger partial charge in [0.2, 0.25) is 0 Å². The standard InChI is InChI=1S/C18H12ClF2N3O/c19-13-3-1-2-4-15(13)23-17-9-11(7-8-22-17)18(25)24-16-6-5-12(20)10-14(16)21/h1-10H,(H,22,23)(H,24,25). The number of carbonyl (C=O) groups is 1. The molecule has 4 nitrogen and oxygen atoms in total. The predicted molar refractivity (Wildman–Crippen MR) is 93.3 cm³/mol. The summed E-state index contributed by atoms with van der Waals surface area (Å²) >= 11 is 6.07. The minimum atomic E-state index is -0.850. The van der Waals surface area contributed by atoms with E-state index in [0.29, 0.717) is 22.6 Å². The van der Waals surface area contributed by atoms with Gasteiger partial charge in [-0.25, -0.2) is 13.8 Å². The lowest BCUT2D eigenvalue weighted by Gasteiger charge is -2.10. The van der Waals surface area contributed by atoms with Crippen LogP contribution >= 0.6 is 11.6 Å². The molecule has 0 aliphatic heterocycles. The summed E-state index contributed by atoms with van der Waals surface area (Å²) in [5.74, 6) is -1.71. The maximum absolute atomic E-state index is 13.6. The minimum absolute atomic E-state index is 0.108. The molecule has 0 bridgehead atoms. The van der Waals surface area contributed by atoms with E-state index in [0.717, 1.165) is 12.1 Å². The van der Waals surface area contributed by atoms with E-state index in [1.807, 2.05) is 6.07 Å². The zero-order valence-electron chi connectivity index (χ0n) is 12.8. The van der Waals surface area contributed by atoms with Crippen LogP contribution in [0.4, 0.5) is 26.0 Å². The second kappa shape index (κ2) is 7.27. The third kappa shape index (κ3) is 4.10. The average molecular weight is 360 g/mol. The largest absolute Gasteiger partial charge is 0.339 e. The summed E-state index contributed by atoms with van der Waals surface area (Å²) in [7, 11) is 0. The molecule has 3 rings (SSSR count). The number of nitrogens with zero attached hydrogens (tertiary/aromatic N) is 1. The van der Waals surface area contributed by atoms with Crippen molar-refractivity contribution in [1.82, 2.24) is 4.98 Å². The number of anilines is 3. The van der Waals surface area contributed by atoms with Crippen LogP contribution in [-0.2, 0) is 0 Å². The molecule has 0 aliphatic rings. The Balaban J connectivity index is 1.79. The van der Waals surface area contributed by atoms with Crippen molar-refractivity contribution >= 4 is 34.7 Å². The Morgan fingerprint density at radius 3 is 2.56 bits per heavy atom. The first-order valence-corrected chi connectivity index (χ1v) is 7.65. The van der Waals surface area contributed by atoms with Gasteiger partial charge in [-0.2, -0.15) is 0 Å². The zero-order chi connectivity index (χ0) is 17.8. The summed E-state index contributed by atoms with van der Waals surface area (Å²) in [4.78, 5) is 16.4. The molecule has 0 fully saturated rings. The second-order valence-electron chi connectivity index (χ2n) is 5.11. The van der Waals surface area contributed by atoms with Crippen molar-refractivity contribution < 1.29 is 13.6 Å². The van der Waals surface area contributed by atoms with Gasteiger partial charge in [-0.05, 0) is 36.4 Å². The van der Waals surface area contributed by atoms with Crippen molar-refractivity contribution in [2.75, 3.05) is 10.6 Å². The lowest BCUT2D eigenvalue weighted by molar-refractivity contribution is 0.102. The molecule has 2 aromatic carbocycles. The molecular formula is C18H12ClF2N3O. The number of hydrogen-bond acceptors (Lipinski definition) is 3. The van der Waals surface area contributed by atoms with Crippen LogP contribution in [0.3, 0.4) is 0 Å². The van der Waals surface area contributed by atoms with Crippen LogP contribution in [0.5, 0.6) is 0 Å². The normalized spacial score (nSPS) is 10.4. The Labute approximate surface area is 147 Å². The van der Waals surface area contributed by atoms with Crippen molar-refractivity contribution in [2.24, 2.45) is 0 Å². The highest BCUT2D eigenvalue weighted by Crippen LogP contribution is 2.24. The van der Waals surface area contributed by atoms with E-state index >= 15 is 0 Å². The van der Waals surface area contributed by atoms with Crippen LogP contribution in [0.2, 0.25) is 5.02 Å². The predicted octanol–water partition coefficient (Wildman–Crippen LogP) is 5.01. The highest BCUT2D eigenvalue weighted by Gasteiger charge is 2.11. The molecule has 0 spiro atoms. The summed E-state index contributed by atoms with van der Waals surface area (Å²) in [5, 5.41) is 5.90. The fraction of sp³-hybridized carbons (Fsp3) is 0. The lowest BCUT2D eigenvalue weighted by atomic mass is 10.2. The summed E-state index contributed by atoms with van der Waals surface area (Å²) in [6, 6.07) is 13.0. The number of rotatable bonds is 4. The first-order chi connectivity index (χ1) is 12.0. The van der Waals surface area contributed by atoms with Gasteiger partial charge in [0.1, 0.15) is 17.5 Å². The van der Waals surface area contributed by atoms with Crippen LogP contribution in [0.25, 0.3) is 0 Å². The zero-order valence-corrected chi connectivity index (χ0v) is 13.5. The number of carbonyl (C=O) groups excluding carboxylic acids is 1. The van der Waals surface area contributed by atoms with Crippen molar-refractivity contribution in [3.63, 3.8) is 0 Å². The van der Waals surface area contributed by atoms with Crippen molar-refractivity contribution in [3.05, 3.63) is 83.0 Å². The monoisotopic (exact) mass is 359 g/mol. The van der Waals surface area contributed by atoms with E-state index in [-0.39, 0.29) is 11.3 Å².